The summed E-state index contributed by atoms with van der Waals surface area (Å²) in [7, 11) is 0. The standard InChI is InChI=1S/C26H30ClN5OS/c1-18-17-20(19(2)32(18)23-9-4-3-7-21(23)27)25-24(22-8-5-6-10-28-22)29-26(34)31(25)12-11-30-13-15-33-16-14-30/h3-10,17,24-25H,11-16H2,1-2H3,(H,29,34)/t24-,25-/m0/s1. The van der Waals surface area contributed by atoms with Crippen molar-refractivity contribution in [2.75, 3.05) is 39.4 Å². The highest BCUT2D eigenvalue weighted by Crippen LogP contribution is 2.41. The lowest BCUT2D eigenvalue weighted by molar-refractivity contribution is 0.0350. The van der Waals surface area contributed by atoms with E-state index in [1.165, 1.54) is 11.3 Å². The number of ether oxygens (including phenoxy) is 1. The lowest BCUT2D eigenvalue weighted by Gasteiger charge is -2.32. The van der Waals surface area contributed by atoms with Crippen LogP contribution in [0, 0.1) is 13.8 Å². The van der Waals surface area contributed by atoms with Crippen molar-refractivity contribution in [2.45, 2.75) is 25.9 Å². The van der Waals surface area contributed by atoms with Crippen LogP contribution in [0.1, 0.15) is 34.7 Å². The van der Waals surface area contributed by atoms with E-state index in [2.05, 4.69) is 56.7 Å². The Bertz CT molecular complexity index is 1160. The quantitative estimate of drug-likeness (QED) is 0.510. The van der Waals surface area contributed by atoms with Crippen LogP contribution in [-0.4, -0.2) is 63.9 Å². The van der Waals surface area contributed by atoms with Crippen LogP contribution in [-0.2, 0) is 4.74 Å². The number of thiocarbonyl (C=S) groups is 1. The molecule has 0 radical (unpaired) electrons. The molecule has 2 aliphatic rings. The maximum atomic E-state index is 6.59. The van der Waals surface area contributed by atoms with Gasteiger partial charge in [-0.05, 0) is 62.0 Å². The average Bonchev–Trinajstić information content (AvgIpc) is 3.34. The summed E-state index contributed by atoms with van der Waals surface area (Å²) in [6, 6.07) is 16.3. The van der Waals surface area contributed by atoms with Gasteiger partial charge in [0.15, 0.2) is 5.11 Å². The predicted octanol–water partition coefficient (Wildman–Crippen LogP) is 4.45. The molecule has 5 rings (SSSR count). The summed E-state index contributed by atoms with van der Waals surface area (Å²) in [4.78, 5) is 9.47. The van der Waals surface area contributed by atoms with E-state index in [4.69, 9.17) is 28.6 Å². The van der Waals surface area contributed by atoms with Gasteiger partial charge < -0.3 is 19.5 Å². The predicted molar refractivity (Wildman–Crippen MR) is 140 cm³/mol. The van der Waals surface area contributed by atoms with Crippen LogP contribution in [0.5, 0.6) is 0 Å². The molecule has 4 heterocycles. The number of aromatic nitrogens is 2. The molecule has 178 valence electrons. The second kappa shape index (κ2) is 10.0. The molecule has 0 bridgehead atoms. The molecule has 34 heavy (non-hydrogen) atoms. The van der Waals surface area contributed by atoms with E-state index in [1.807, 2.05) is 36.5 Å². The monoisotopic (exact) mass is 495 g/mol. The average molecular weight is 496 g/mol. The van der Waals surface area contributed by atoms with Gasteiger partial charge in [-0.15, -0.1) is 0 Å². The molecule has 0 spiro atoms. The summed E-state index contributed by atoms with van der Waals surface area (Å²) >= 11 is 12.5. The zero-order valence-corrected chi connectivity index (χ0v) is 21.1. The third kappa shape index (κ3) is 4.45. The van der Waals surface area contributed by atoms with Crippen molar-refractivity contribution in [3.8, 4) is 5.69 Å². The molecular formula is C26H30ClN5OS. The van der Waals surface area contributed by atoms with Crippen molar-refractivity contribution in [3.05, 3.63) is 82.4 Å². The summed E-state index contributed by atoms with van der Waals surface area (Å²) < 4.78 is 7.77. The van der Waals surface area contributed by atoms with E-state index >= 15 is 0 Å². The molecule has 6 nitrogen and oxygen atoms in total. The van der Waals surface area contributed by atoms with Crippen molar-refractivity contribution in [2.24, 2.45) is 0 Å². The van der Waals surface area contributed by atoms with Crippen LogP contribution in [0.25, 0.3) is 5.69 Å². The number of aryl methyl sites for hydroxylation is 1. The normalized spacial score (nSPS) is 21.1. The van der Waals surface area contributed by atoms with E-state index in [0.717, 1.165) is 66.6 Å². The number of nitrogens with zero attached hydrogens (tertiary/aromatic N) is 4. The van der Waals surface area contributed by atoms with Gasteiger partial charge in [-0.2, -0.15) is 0 Å². The molecule has 0 saturated carbocycles. The first-order chi connectivity index (χ1) is 16.5. The summed E-state index contributed by atoms with van der Waals surface area (Å²) in [5, 5.41) is 5.09. The lowest BCUT2D eigenvalue weighted by atomic mass is 9.96. The topological polar surface area (TPSA) is 45.6 Å². The second-order valence-electron chi connectivity index (χ2n) is 8.89. The van der Waals surface area contributed by atoms with Gasteiger partial charge >= 0.3 is 0 Å². The van der Waals surface area contributed by atoms with Crippen molar-refractivity contribution < 1.29 is 4.74 Å². The minimum absolute atomic E-state index is 0.0291. The van der Waals surface area contributed by atoms with Gasteiger partial charge in [0.05, 0.1) is 41.7 Å². The maximum absolute atomic E-state index is 6.59. The van der Waals surface area contributed by atoms with Gasteiger partial charge in [-0.25, -0.2) is 0 Å². The number of rotatable bonds is 6. The van der Waals surface area contributed by atoms with E-state index < -0.39 is 0 Å². The van der Waals surface area contributed by atoms with Crippen molar-refractivity contribution in [3.63, 3.8) is 0 Å². The summed E-state index contributed by atoms with van der Waals surface area (Å²) in [6.45, 7) is 9.60. The molecule has 0 aliphatic carbocycles. The molecule has 3 aromatic rings. The second-order valence-corrected chi connectivity index (χ2v) is 9.68. The highest BCUT2D eigenvalue weighted by Gasteiger charge is 2.41. The number of nitrogens with one attached hydrogen (secondary N) is 1. The molecule has 2 aromatic heterocycles. The van der Waals surface area contributed by atoms with Crippen molar-refractivity contribution >= 4 is 28.9 Å². The van der Waals surface area contributed by atoms with E-state index in [0.29, 0.717) is 0 Å². The largest absolute Gasteiger partial charge is 0.379 e. The Kier molecular flexibility index (Phi) is 6.88. The Morgan fingerprint density at radius 2 is 1.85 bits per heavy atom. The smallest absolute Gasteiger partial charge is 0.170 e. The molecule has 2 fully saturated rings. The Labute approximate surface area is 211 Å². The molecule has 0 amide bonds. The minimum atomic E-state index is -0.0291. The third-order valence-corrected chi connectivity index (χ3v) is 7.51. The number of halogens is 1. The fraction of sp³-hybridized carbons (Fsp3) is 0.385. The summed E-state index contributed by atoms with van der Waals surface area (Å²) in [5.41, 5.74) is 5.53. The third-order valence-electron chi connectivity index (χ3n) is 6.84. The van der Waals surface area contributed by atoms with Gasteiger partial charge in [0.2, 0.25) is 0 Å². The molecule has 0 unspecified atom stereocenters. The Morgan fingerprint density at radius 3 is 2.59 bits per heavy atom. The van der Waals surface area contributed by atoms with E-state index in [9.17, 15) is 0 Å². The summed E-state index contributed by atoms with van der Waals surface area (Å²) in [6.07, 6.45) is 1.85. The SMILES string of the molecule is Cc1cc([C@H]2[C@H](c3ccccn3)NC(=S)N2CCN2CCOCC2)c(C)n1-c1ccccc1Cl. The van der Waals surface area contributed by atoms with Crippen molar-refractivity contribution in [1.29, 1.82) is 0 Å². The number of benzene rings is 1. The molecule has 2 atom stereocenters. The van der Waals surface area contributed by atoms with Gasteiger partial charge in [0.25, 0.3) is 0 Å². The maximum Gasteiger partial charge on any atom is 0.170 e. The van der Waals surface area contributed by atoms with Crippen LogP contribution in [0.4, 0.5) is 0 Å². The van der Waals surface area contributed by atoms with Crippen LogP contribution in [0.15, 0.2) is 54.7 Å². The number of hydrogen-bond donors (Lipinski definition) is 1. The number of hydrogen-bond acceptors (Lipinski definition) is 4. The number of para-hydroxylation sites is 1. The van der Waals surface area contributed by atoms with E-state index in [1.54, 1.807) is 0 Å². The highest BCUT2D eigenvalue weighted by molar-refractivity contribution is 7.80. The minimum Gasteiger partial charge on any atom is -0.379 e. The zero-order valence-electron chi connectivity index (χ0n) is 19.6. The van der Waals surface area contributed by atoms with Crippen LogP contribution < -0.4 is 5.32 Å². The molecule has 2 saturated heterocycles. The van der Waals surface area contributed by atoms with Gasteiger partial charge in [0, 0.05) is 43.8 Å². The zero-order chi connectivity index (χ0) is 23.7. The Morgan fingerprint density at radius 1 is 1.09 bits per heavy atom. The van der Waals surface area contributed by atoms with Gasteiger partial charge in [-0.3, -0.25) is 9.88 Å². The number of pyridine rings is 1. The molecule has 1 N–H and O–H groups in total. The Balaban J connectivity index is 1.53. The molecule has 8 heteroatoms. The first-order valence-electron chi connectivity index (χ1n) is 11.8. The highest BCUT2D eigenvalue weighted by atomic mass is 35.5. The van der Waals surface area contributed by atoms with Gasteiger partial charge in [0.1, 0.15) is 0 Å². The van der Waals surface area contributed by atoms with Crippen LogP contribution in [0.3, 0.4) is 0 Å². The molecule has 1 aromatic carbocycles. The molecule has 2 aliphatic heterocycles. The number of morpholine rings is 1. The van der Waals surface area contributed by atoms with Crippen LogP contribution >= 0.6 is 23.8 Å². The van der Waals surface area contributed by atoms with E-state index in [-0.39, 0.29) is 12.1 Å². The van der Waals surface area contributed by atoms with Crippen molar-refractivity contribution in [1.82, 2.24) is 24.7 Å². The lowest BCUT2D eigenvalue weighted by Crippen LogP contribution is -2.42. The fourth-order valence-corrected chi connectivity index (χ4v) is 5.70. The first-order valence-corrected chi connectivity index (χ1v) is 12.5. The van der Waals surface area contributed by atoms with Crippen LogP contribution in [0.2, 0.25) is 5.02 Å². The van der Waals surface area contributed by atoms with Gasteiger partial charge in [-0.1, -0.05) is 29.8 Å². The Hall–Kier alpha value is -2.45. The fourth-order valence-electron chi connectivity index (χ4n) is 5.15. The molecular weight excluding hydrogens is 466 g/mol. The first kappa shape index (κ1) is 23.3. The summed E-state index contributed by atoms with van der Waals surface area (Å²) in [5.74, 6) is 0.